The van der Waals surface area contributed by atoms with E-state index in [1.807, 2.05) is 20.0 Å². The topological polar surface area (TPSA) is 81.1 Å². The summed E-state index contributed by atoms with van der Waals surface area (Å²) in [4.78, 5) is 2.25. The molecule has 2 aromatic rings. The Morgan fingerprint density at radius 1 is 1.25 bits per heavy atom. The number of rotatable bonds is 4. The van der Waals surface area contributed by atoms with Crippen LogP contribution in [-0.2, 0) is 22.9 Å². The van der Waals surface area contributed by atoms with Crippen LogP contribution in [0.3, 0.4) is 0 Å². The van der Waals surface area contributed by atoms with Crippen LogP contribution in [0.4, 0.5) is 5.95 Å². The lowest BCUT2D eigenvalue weighted by Gasteiger charge is -2.35. The molecule has 2 aromatic heterocycles. The zero-order valence-corrected chi connectivity index (χ0v) is 14.2. The number of morpholine rings is 1. The van der Waals surface area contributed by atoms with Crippen molar-refractivity contribution in [3.05, 3.63) is 23.3 Å². The second-order valence-corrected chi connectivity index (χ2v) is 6.60. The molecule has 0 spiro atoms. The van der Waals surface area contributed by atoms with Crippen molar-refractivity contribution in [1.82, 2.24) is 25.0 Å². The van der Waals surface area contributed by atoms with Crippen LogP contribution in [0.2, 0.25) is 0 Å². The molecule has 4 heterocycles. The minimum Gasteiger partial charge on any atom is -0.375 e. The average Bonchev–Trinajstić information content (AvgIpc) is 3.31. The van der Waals surface area contributed by atoms with Gasteiger partial charge >= 0.3 is 0 Å². The minimum atomic E-state index is 0.121. The number of anilines is 1. The lowest BCUT2D eigenvalue weighted by Crippen LogP contribution is -2.48. The molecule has 2 aliphatic rings. The highest BCUT2D eigenvalue weighted by molar-refractivity contribution is 5.32. The van der Waals surface area contributed by atoms with Crippen LogP contribution >= 0.6 is 0 Å². The molecule has 0 radical (unpaired) electrons. The smallest absolute Gasteiger partial charge is 0.227 e. The van der Waals surface area contributed by atoms with E-state index in [1.54, 1.807) is 0 Å². The quantitative estimate of drug-likeness (QED) is 0.893. The molecular weight excluding hydrogens is 308 g/mol. The fourth-order valence-corrected chi connectivity index (χ4v) is 3.49. The van der Waals surface area contributed by atoms with E-state index in [4.69, 9.17) is 9.47 Å². The van der Waals surface area contributed by atoms with Crippen LogP contribution in [0, 0.1) is 6.92 Å². The fraction of sp³-hybridized carbons (Fsp3) is 0.688. The number of ether oxygens (including phenoxy) is 2. The average molecular weight is 332 g/mol. The maximum absolute atomic E-state index is 5.92. The molecule has 0 aromatic carbocycles. The number of hydrogen-bond acceptors (Lipinski definition) is 6. The van der Waals surface area contributed by atoms with Crippen LogP contribution in [0.15, 0.2) is 6.07 Å². The van der Waals surface area contributed by atoms with Crippen LogP contribution in [0.25, 0.3) is 0 Å². The molecule has 0 bridgehead atoms. The number of aryl methyl sites for hydroxylation is 1. The Hall–Kier alpha value is -1.93. The monoisotopic (exact) mass is 332 g/mol. The summed E-state index contributed by atoms with van der Waals surface area (Å²) < 4.78 is 13.8. The van der Waals surface area contributed by atoms with Gasteiger partial charge in [0, 0.05) is 32.4 Å². The van der Waals surface area contributed by atoms with Gasteiger partial charge in [-0.05, 0) is 25.8 Å². The standard InChI is InChI=1S/C16H24N6O2/c1-11-8-12(18-17-11)9-15-19-20-16(21(15)2)22-5-7-24-14(10-22)13-4-3-6-23-13/h8,13-14H,3-7,9-10H2,1-2H3,(H,17,18). The molecule has 0 amide bonds. The second-order valence-electron chi connectivity index (χ2n) is 6.60. The minimum absolute atomic E-state index is 0.121. The van der Waals surface area contributed by atoms with Gasteiger partial charge < -0.3 is 18.9 Å². The molecule has 2 aliphatic heterocycles. The summed E-state index contributed by atoms with van der Waals surface area (Å²) in [5, 5.41) is 16.0. The Morgan fingerprint density at radius 2 is 2.12 bits per heavy atom. The van der Waals surface area contributed by atoms with Gasteiger partial charge in [0.1, 0.15) is 11.9 Å². The van der Waals surface area contributed by atoms with Crippen molar-refractivity contribution in [1.29, 1.82) is 0 Å². The second kappa shape index (κ2) is 6.52. The van der Waals surface area contributed by atoms with Gasteiger partial charge in [-0.25, -0.2) is 0 Å². The molecule has 8 nitrogen and oxygen atoms in total. The predicted molar refractivity (Wildman–Crippen MR) is 88.1 cm³/mol. The molecule has 2 saturated heterocycles. The molecule has 0 saturated carbocycles. The number of H-pyrrole nitrogens is 1. The predicted octanol–water partition coefficient (Wildman–Crippen LogP) is 0.822. The summed E-state index contributed by atoms with van der Waals surface area (Å²) in [5.74, 6) is 1.81. The van der Waals surface area contributed by atoms with E-state index < -0.39 is 0 Å². The highest BCUT2D eigenvalue weighted by Crippen LogP contribution is 2.23. The highest BCUT2D eigenvalue weighted by Gasteiger charge is 2.32. The van der Waals surface area contributed by atoms with Gasteiger partial charge in [-0.1, -0.05) is 0 Å². The number of nitrogens with one attached hydrogen (secondary N) is 1. The Bertz CT molecular complexity index is 691. The van der Waals surface area contributed by atoms with Crippen LogP contribution in [-0.4, -0.2) is 63.5 Å². The summed E-state index contributed by atoms with van der Waals surface area (Å²) in [5.41, 5.74) is 2.04. The Kier molecular flexibility index (Phi) is 4.24. The fourth-order valence-electron chi connectivity index (χ4n) is 3.49. The maximum Gasteiger partial charge on any atom is 0.227 e. The molecule has 24 heavy (non-hydrogen) atoms. The SMILES string of the molecule is Cc1cc(Cc2nnc(N3CCOC(C4CCCO4)C3)n2C)n[nH]1. The molecule has 4 rings (SSSR count). The van der Waals surface area contributed by atoms with Crippen molar-refractivity contribution in [2.24, 2.45) is 7.05 Å². The maximum atomic E-state index is 5.92. The van der Waals surface area contributed by atoms with E-state index in [2.05, 4.69) is 29.9 Å². The van der Waals surface area contributed by atoms with Crippen molar-refractivity contribution >= 4 is 5.95 Å². The van der Waals surface area contributed by atoms with Gasteiger partial charge in [-0.15, -0.1) is 10.2 Å². The number of aromatic amines is 1. The first kappa shape index (κ1) is 15.6. The van der Waals surface area contributed by atoms with Gasteiger partial charge in [-0.3, -0.25) is 5.10 Å². The van der Waals surface area contributed by atoms with Gasteiger partial charge in [0.25, 0.3) is 0 Å². The van der Waals surface area contributed by atoms with E-state index in [0.29, 0.717) is 13.0 Å². The van der Waals surface area contributed by atoms with Crippen molar-refractivity contribution in [2.45, 2.75) is 38.4 Å². The van der Waals surface area contributed by atoms with E-state index in [9.17, 15) is 0 Å². The molecule has 130 valence electrons. The van der Waals surface area contributed by atoms with Gasteiger partial charge in [0.05, 0.1) is 24.8 Å². The Labute approximate surface area is 141 Å². The highest BCUT2D eigenvalue weighted by atomic mass is 16.5. The molecule has 2 unspecified atom stereocenters. The third-order valence-corrected chi connectivity index (χ3v) is 4.80. The van der Waals surface area contributed by atoms with E-state index in [1.165, 1.54) is 0 Å². The summed E-state index contributed by atoms with van der Waals surface area (Å²) in [6, 6.07) is 2.04. The zero-order chi connectivity index (χ0) is 16.5. The van der Waals surface area contributed by atoms with Crippen molar-refractivity contribution < 1.29 is 9.47 Å². The first-order valence-corrected chi connectivity index (χ1v) is 8.58. The van der Waals surface area contributed by atoms with Crippen molar-refractivity contribution in [2.75, 3.05) is 31.2 Å². The van der Waals surface area contributed by atoms with Gasteiger partial charge in [0.2, 0.25) is 5.95 Å². The van der Waals surface area contributed by atoms with E-state index in [-0.39, 0.29) is 12.2 Å². The van der Waals surface area contributed by atoms with Crippen molar-refractivity contribution in [3.8, 4) is 0 Å². The first-order valence-electron chi connectivity index (χ1n) is 8.58. The Morgan fingerprint density at radius 3 is 2.88 bits per heavy atom. The first-order chi connectivity index (χ1) is 11.7. The molecule has 2 atom stereocenters. The lowest BCUT2D eigenvalue weighted by atomic mass is 10.1. The number of hydrogen-bond donors (Lipinski definition) is 1. The Balaban J connectivity index is 1.47. The molecule has 2 fully saturated rings. The van der Waals surface area contributed by atoms with Crippen molar-refractivity contribution in [3.63, 3.8) is 0 Å². The van der Waals surface area contributed by atoms with E-state index >= 15 is 0 Å². The molecular formula is C16H24N6O2. The van der Waals surface area contributed by atoms with E-state index in [0.717, 1.165) is 55.7 Å². The van der Waals surface area contributed by atoms with Crippen LogP contribution in [0.1, 0.15) is 30.1 Å². The number of nitrogens with zero attached hydrogens (tertiary/aromatic N) is 5. The number of aromatic nitrogens is 5. The van der Waals surface area contributed by atoms with Gasteiger partial charge in [-0.2, -0.15) is 5.10 Å². The molecule has 0 aliphatic carbocycles. The third kappa shape index (κ3) is 3.03. The normalized spacial score (nSPS) is 24.7. The molecule has 8 heteroatoms. The summed E-state index contributed by atoms with van der Waals surface area (Å²) in [6.45, 7) is 5.18. The molecule has 1 N–H and O–H groups in total. The largest absolute Gasteiger partial charge is 0.375 e. The summed E-state index contributed by atoms with van der Waals surface area (Å²) >= 11 is 0. The van der Waals surface area contributed by atoms with Crippen LogP contribution < -0.4 is 4.90 Å². The summed E-state index contributed by atoms with van der Waals surface area (Å²) in [6.07, 6.45) is 3.22. The third-order valence-electron chi connectivity index (χ3n) is 4.80. The van der Waals surface area contributed by atoms with Crippen LogP contribution in [0.5, 0.6) is 0 Å². The van der Waals surface area contributed by atoms with Gasteiger partial charge in [0.15, 0.2) is 0 Å². The summed E-state index contributed by atoms with van der Waals surface area (Å²) in [7, 11) is 2.01. The lowest BCUT2D eigenvalue weighted by molar-refractivity contribution is -0.0546. The zero-order valence-electron chi connectivity index (χ0n) is 14.2.